The Kier molecular flexibility index (Phi) is 7.01. The summed E-state index contributed by atoms with van der Waals surface area (Å²) in [4.78, 5) is 16.5. The van der Waals surface area contributed by atoms with Crippen molar-refractivity contribution in [2.45, 2.75) is 58.9 Å². The number of aryl methyl sites for hydroxylation is 1. The first-order chi connectivity index (χ1) is 9.62. The monoisotopic (exact) mass is 278 g/mol. The molecule has 1 amide bonds. The van der Waals surface area contributed by atoms with Crippen LogP contribution < -0.4 is 16.6 Å². The number of hydrazine groups is 1. The number of nitrogen functional groups attached to an aromatic ring is 1. The molecule has 1 aromatic rings. The van der Waals surface area contributed by atoms with Crippen LogP contribution in [-0.4, -0.2) is 16.9 Å². The molecule has 1 aromatic heterocycles. The summed E-state index contributed by atoms with van der Waals surface area (Å²) in [6.07, 6.45) is 6.90. The average Bonchev–Trinajstić information content (AvgIpc) is 2.44. The van der Waals surface area contributed by atoms with Crippen molar-refractivity contribution in [3.05, 3.63) is 23.5 Å². The van der Waals surface area contributed by atoms with Crippen molar-refractivity contribution < 1.29 is 4.79 Å². The molecule has 4 N–H and O–H groups in total. The van der Waals surface area contributed by atoms with Crippen molar-refractivity contribution in [1.82, 2.24) is 10.3 Å². The highest BCUT2D eigenvalue weighted by molar-refractivity contribution is 5.99. The quantitative estimate of drug-likeness (QED) is 0.504. The molecule has 0 spiro atoms. The fourth-order valence-corrected chi connectivity index (χ4v) is 2.21. The van der Waals surface area contributed by atoms with Gasteiger partial charge in [-0.1, -0.05) is 33.1 Å². The van der Waals surface area contributed by atoms with Crippen LogP contribution in [0, 0.1) is 6.92 Å². The summed E-state index contributed by atoms with van der Waals surface area (Å²) in [7, 11) is 0. The summed E-state index contributed by atoms with van der Waals surface area (Å²) in [5.74, 6) is 5.36. The minimum Gasteiger partial charge on any atom is -0.349 e. The van der Waals surface area contributed by atoms with Gasteiger partial charge < -0.3 is 10.7 Å². The lowest BCUT2D eigenvalue weighted by Crippen LogP contribution is -2.35. The molecule has 0 saturated carbocycles. The molecule has 0 saturated heterocycles. The molecule has 1 unspecified atom stereocenters. The lowest BCUT2D eigenvalue weighted by Gasteiger charge is -2.19. The summed E-state index contributed by atoms with van der Waals surface area (Å²) < 4.78 is 0. The fraction of sp³-hybridized carbons (Fsp3) is 0.600. The van der Waals surface area contributed by atoms with E-state index in [0.717, 1.165) is 37.8 Å². The number of aromatic nitrogens is 1. The first kappa shape index (κ1) is 16.4. The first-order valence-corrected chi connectivity index (χ1v) is 7.36. The van der Waals surface area contributed by atoms with Gasteiger partial charge in [-0.05, 0) is 25.8 Å². The van der Waals surface area contributed by atoms with Crippen LogP contribution in [0.4, 0.5) is 5.69 Å². The second-order valence-corrected chi connectivity index (χ2v) is 5.12. The van der Waals surface area contributed by atoms with E-state index < -0.39 is 0 Å². The molecular weight excluding hydrogens is 252 g/mol. The largest absolute Gasteiger partial charge is 0.349 e. The Labute approximate surface area is 121 Å². The van der Waals surface area contributed by atoms with Crippen molar-refractivity contribution >= 4 is 11.6 Å². The maximum absolute atomic E-state index is 12.3. The number of carbonyl (C=O) groups excluding carboxylic acids is 1. The van der Waals surface area contributed by atoms with Crippen molar-refractivity contribution in [3.63, 3.8) is 0 Å². The molecule has 0 aliphatic rings. The number of anilines is 1. The Morgan fingerprint density at radius 1 is 1.35 bits per heavy atom. The van der Waals surface area contributed by atoms with Gasteiger partial charge in [-0.25, -0.2) is 0 Å². The molecule has 5 heteroatoms. The van der Waals surface area contributed by atoms with Crippen LogP contribution in [0.2, 0.25) is 0 Å². The van der Waals surface area contributed by atoms with E-state index in [1.54, 1.807) is 12.3 Å². The molecule has 0 radical (unpaired) electrons. The number of pyridine rings is 1. The van der Waals surface area contributed by atoms with E-state index in [1.807, 2.05) is 6.92 Å². The Morgan fingerprint density at radius 2 is 2.10 bits per heavy atom. The molecule has 1 rings (SSSR count). The van der Waals surface area contributed by atoms with E-state index in [-0.39, 0.29) is 11.9 Å². The molecule has 1 heterocycles. The number of nitrogens with zero attached hydrogens (tertiary/aromatic N) is 1. The number of hydrogen-bond acceptors (Lipinski definition) is 4. The van der Waals surface area contributed by atoms with Crippen LogP contribution in [0.3, 0.4) is 0 Å². The highest BCUT2D eigenvalue weighted by atomic mass is 16.1. The molecule has 0 bridgehead atoms. The molecule has 112 valence electrons. The first-order valence-electron chi connectivity index (χ1n) is 7.36. The molecular formula is C15H26N4O. The summed E-state index contributed by atoms with van der Waals surface area (Å²) >= 11 is 0. The van der Waals surface area contributed by atoms with E-state index in [2.05, 4.69) is 29.6 Å². The average molecular weight is 278 g/mol. The van der Waals surface area contributed by atoms with E-state index in [4.69, 9.17) is 5.84 Å². The topological polar surface area (TPSA) is 80.0 Å². The SMILES string of the molecule is CCCCC(CCC)NC(=O)c1cnc(C)cc1NN. The summed E-state index contributed by atoms with van der Waals surface area (Å²) in [5, 5.41) is 3.09. The van der Waals surface area contributed by atoms with E-state index in [0.29, 0.717) is 11.3 Å². The molecule has 0 aromatic carbocycles. The number of amides is 1. The minimum atomic E-state index is -0.111. The Morgan fingerprint density at radius 3 is 2.70 bits per heavy atom. The molecule has 0 fully saturated rings. The smallest absolute Gasteiger partial charge is 0.255 e. The van der Waals surface area contributed by atoms with Crippen molar-refractivity contribution in [1.29, 1.82) is 0 Å². The lowest BCUT2D eigenvalue weighted by atomic mass is 10.0. The van der Waals surface area contributed by atoms with Crippen molar-refractivity contribution in [3.8, 4) is 0 Å². The molecule has 20 heavy (non-hydrogen) atoms. The summed E-state index contributed by atoms with van der Waals surface area (Å²) in [6, 6.07) is 2.00. The van der Waals surface area contributed by atoms with Gasteiger partial charge in [0.25, 0.3) is 5.91 Å². The number of nitrogens with one attached hydrogen (secondary N) is 2. The van der Waals surface area contributed by atoms with Crippen LogP contribution in [0.15, 0.2) is 12.3 Å². The second-order valence-electron chi connectivity index (χ2n) is 5.12. The predicted molar refractivity (Wildman–Crippen MR) is 82.5 cm³/mol. The van der Waals surface area contributed by atoms with Gasteiger partial charge >= 0.3 is 0 Å². The zero-order valence-electron chi connectivity index (χ0n) is 12.7. The highest BCUT2D eigenvalue weighted by Crippen LogP contribution is 2.15. The zero-order chi connectivity index (χ0) is 15.0. The van der Waals surface area contributed by atoms with E-state index in [9.17, 15) is 4.79 Å². The van der Waals surface area contributed by atoms with Gasteiger partial charge in [0.1, 0.15) is 0 Å². The second kappa shape index (κ2) is 8.53. The van der Waals surface area contributed by atoms with Crippen LogP contribution >= 0.6 is 0 Å². The third-order valence-corrected chi connectivity index (χ3v) is 3.32. The standard InChI is InChI=1S/C15H26N4O/c1-4-6-8-12(7-5-2)18-15(20)13-10-17-11(3)9-14(13)19-16/h9-10,12H,4-8,16H2,1-3H3,(H,17,19)(H,18,20). The van der Waals surface area contributed by atoms with Crippen molar-refractivity contribution in [2.75, 3.05) is 5.43 Å². The number of carbonyl (C=O) groups is 1. The van der Waals surface area contributed by atoms with E-state index >= 15 is 0 Å². The van der Waals surface area contributed by atoms with Crippen LogP contribution in [0.5, 0.6) is 0 Å². The predicted octanol–water partition coefficient (Wildman–Crippen LogP) is 2.76. The van der Waals surface area contributed by atoms with Gasteiger partial charge in [0.05, 0.1) is 11.3 Å². The van der Waals surface area contributed by atoms with Crippen molar-refractivity contribution in [2.24, 2.45) is 5.84 Å². The lowest BCUT2D eigenvalue weighted by molar-refractivity contribution is 0.0932. The maximum atomic E-state index is 12.3. The van der Waals surface area contributed by atoms with Crippen LogP contribution in [0.1, 0.15) is 62.0 Å². The highest BCUT2D eigenvalue weighted by Gasteiger charge is 2.16. The van der Waals surface area contributed by atoms with Gasteiger partial charge in [0.15, 0.2) is 0 Å². The molecule has 0 aliphatic carbocycles. The Bertz CT molecular complexity index is 434. The summed E-state index contributed by atoms with van der Waals surface area (Å²) in [6.45, 7) is 6.15. The summed E-state index contributed by atoms with van der Waals surface area (Å²) in [5.41, 5.74) is 4.50. The van der Waals surface area contributed by atoms with E-state index in [1.165, 1.54) is 0 Å². The zero-order valence-corrected chi connectivity index (χ0v) is 12.7. The number of unbranched alkanes of at least 4 members (excludes halogenated alkanes) is 1. The van der Waals surface area contributed by atoms with Gasteiger partial charge in [0, 0.05) is 17.9 Å². The number of nitrogens with two attached hydrogens (primary N) is 1. The fourth-order valence-electron chi connectivity index (χ4n) is 2.21. The minimum absolute atomic E-state index is 0.111. The van der Waals surface area contributed by atoms with Crippen LogP contribution in [-0.2, 0) is 0 Å². The molecule has 5 nitrogen and oxygen atoms in total. The van der Waals surface area contributed by atoms with Gasteiger partial charge in [0.2, 0.25) is 0 Å². The third kappa shape index (κ3) is 4.81. The number of rotatable bonds is 8. The maximum Gasteiger partial charge on any atom is 0.255 e. The molecule has 1 atom stereocenters. The normalized spacial score (nSPS) is 12.0. The van der Waals surface area contributed by atoms with Gasteiger partial charge in [-0.15, -0.1) is 0 Å². The Balaban J connectivity index is 2.77. The van der Waals surface area contributed by atoms with Crippen LogP contribution in [0.25, 0.3) is 0 Å². The molecule has 0 aliphatic heterocycles. The Hall–Kier alpha value is -1.62. The third-order valence-electron chi connectivity index (χ3n) is 3.32. The van der Waals surface area contributed by atoms with Gasteiger partial charge in [-0.3, -0.25) is 15.6 Å². The number of hydrogen-bond donors (Lipinski definition) is 3. The van der Waals surface area contributed by atoms with Gasteiger partial charge in [-0.2, -0.15) is 0 Å².